The minimum atomic E-state index is -0.718. The first kappa shape index (κ1) is 23.3. The number of para-hydroxylation sites is 1. The van der Waals surface area contributed by atoms with Gasteiger partial charge >= 0.3 is 5.97 Å². The molecule has 33 heavy (non-hydrogen) atoms. The van der Waals surface area contributed by atoms with Crippen molar-refractivity contribution in [3.05, 3.63) is 76.6 Å². The second kappa shape index (κ2) is 11.3. The predicted molar refractivity (Wildman–Crippen MR) is 117 cm³/mol. The predicted octanol–water partition coefficient (Wildman–Crippen LogP) is 2.53. The van der Waals surface area contributed by atoms with Crippen LogP contribution in [0.5, 0.6) is 11.5 Å². The van der Waals surface area contributed by atoms with E-state index >= 15 is 0 Å². The molecule has 1 aromatic heterocycles. The molecule has 172 valence electrons. The summed E-state index contributed by atoms with van der Waals surface area (Å²) in [7, 11) is 0. The molecule has 0 unspecified atom stereocenters. The summed E-state index contributed by atoms with van der Waals surface area (Å²) in [5, 5.41) is 17.7. The molecule has 0 saturated heterocycles. The van der Waals surface area contributed by atoms with Gasteiger partial charge < -0.3 is 19.5 Å². The first-order valence-electron chi connectivity index (χ1n) is 10.1. The van der Waals surface area contributed by atoms with Gasteiger partial charge in [0.2, 0.25) is 5.69 Å². The van der Waals surface area contributed by atoms with Crippen LogP contribution < -0.4 is 14.8 Å². The number of hydrogen-bond donors (Lipinski definition) is 1. The lowest BCUT2D eigenvalue weighted by Crippen LogP contribution is -2.32. The van der Waals surface area contributed by atoms with Crippen LogP contribution >= 0.6 is 0 Å². The molecule has 1 heterocycles. The SMILES string of the molecule is CCOC(=O)c1nn(-c2ccc([N+](=O)[O-])cc2)cc1OCC(=O)NCCOc1ccccc1. The molecule has 3 aromatic rings. The third-order valence-electron chi connectivity index (χ3n) is 4.27. The summed E-state index contributed by atoms with van der Waals surface area (Å²) >= 11 is 0. The number of esters is 1. The Hall–Kier alpha value is -4.41. The van der Waals surface area contributed by atoms with Crippen molar-refractivity contribution in [2.75, 3.05) is 26.4 Å². The van der Waals surface area contributed by atoms with Crippen LogP contribution in [0.15, 0.2) is 60.8 Å². The van der Waals surface area contributed by atoms with Gasteiger partial charge in [0.05, 0.1) is 30.0 Å². The van der Waals surface area contributed by atoms with E-state index in [1.807, 2.05) is 30.3 Å². The Kier molecular flexibility index (Phi) is 7.95. The van der Waals surface area contributed by atoms with Crippen molar-refractivity contribution in [2.24, 2.45) is 0 Å². The number of aromatic nitrogens is 2. The molecule has 1 amide bonds. The van der Waals surface area contributed by atoms with Gasteiger partial charge in [0, 0.05) is 12.1 Å². The number of hydrogen-bond acceptors (Lipinski definition) is 8. The maximum Gasteiger partial charge on any atom is 0.362 e. The molecule has 0 radical (unpaired) electrons. The number of nitrogens with zero attached hydrogens (tertiary/aromatic N) is 3. The molecular weight excluding hydrogens is 432 g/mol. The van der Waals surface area contributed by atoms with Gasteiger partial charge in [-0.2, -0.15) is 5.10 Å². The van der Waals surface area contributed by atoms with E-state index < -0.39 is 16.8 Å². The highest BCUT2D eigenvalue weighted by molar-refractivity contribution is 5.90. The number of amides is 1. The monoisotopic (exact) mass is 454 g/mol. The lowest BCUT2D eigenvalue weighted by molar-refractivity contribution is -0.384. The van der Waals surface area contributed by atoms with Crippen LogP contribution in [0, 0.1) is 10.1 Å². The zero-order valence-corrected chi connectivity index (χ0v) is 17.8. The summed E-state index contributed by atoms with van der Waals surface area (Å²) in [6, 6.07) is 14.8. The number of nitro benzene ring substituents is 1. The Morgan fingerprint density at radius 2 is 1.82 bits per heavy atom. The molecule has 0 spiro atoms. The van der Waals surface area contributed by atoms with Gasteiger partial charge in [-0.15, -0.1) is 0 Å². The van der Waals surface area contributed by atoms with E-state index in [9.17, 15) is 19.7 Å². The van der Waals surface area contributed by atoms with E-state index in [-0.39, 0.29) is 43.5 Å². The second-order valence-electron chi connectivity index (χ2n) is 6.58. The smallest absolute Gasteiger partial charge is 0.362 e. The Bertz CT molecular complexity index is 1100. The zero-order valence-electron chi connectivity index (χ0n) is 17.8. The number of carbonyl (C=O) groups is 2. The minimum absolute atomic E-state index is 0.0440. The van der Waals surface area contributed by atoms with Crippen LogP contribution in [0.2, 0.25) is 0 Å². The lowest BCUT2D eigenvalue weighted by atomic mass is 10.3. The normalized spacial score (nSPS) is 10.3. The lowest BCUT2D eigenvalue weighted by Gasteiger charge is -2.08. The minimum Gasteiger partial charge on any atom is -0.492 e. The van der Waals surface area contributed by atoms with Gasteiger partial charge in [-0.05, 0) is 31.2 Å². The highest BCUT2D eigenvalue weighted by Gasteiger charge is 2.21. The summed E-state index contributed by atoms with van der Waals surface area (Å²) in [4.78, 5) is 34.7. The topological polar surface area (TPSA) is 135 Å². The first-order valence-corrected chi connectivity index (χ1v) is 10.1. The Morgan fingerprint density at radius 1 is 1.09 bits per heavy atom. The standard InChI is InChI=1S/C22H22N4O7/c1-2-31-22(28)21-19(14-25(24-21)16-8-10-17(11-9-16)26(29)30)33-15-20(27)23-12-13-32-18-6-4-3-5-7-18/h3-11,14H,2,12-13,15H2,1H3,(H,23,27). The molecule has 0 aliphatic carbocycles. The van der Waals surface area contributed by atoms with E-state index in [0.29, 0.717) is 11.4 Å². The van der Waals surface area contributed by atoms with Gasteiger partial charge in [0.25, 0.3) is 11.6 Å². The molecule has 0 atom stereocenters. The Labute approximate surface area is 189 Å². The maximum absolute atomic E-state index is 12.3. The molecule has 2 aromatic carbocycles. The van der Waals surface area contributed by atoms with E-state index in [0.717, 1.165) is 0 Å². The van der Waals surface area contributed by atoms with E-state index in [2.05, 4.69) is 10.4 Å². The molecule has 0 aliphatic rings. The largest absolute Gasteiger partial charge is 0.492 e. The van der Waals surface area contributed by atoms with Gasteiger partial charge in [0.1, 0.15) is 12.4 Å². The van der Waals surface area contributed by atoms with Crippen molar-refractivity contribution in [3.8, 4) is 17.2 Å². The summed E-state index contributed by atoms with van der Waals surface area (Å²) in [6.45, 7) is 1.97. The van der Waals surface area contributed by atoms with Crippen molar-refractivity contribution in [1.82, 2.24) is 15.1 Å². The molecule has 11 nitrogen and oxygen atoms in total. The molecule has 0 bridgehead atoms. The quantitative estimate of drug-likeness (QED) is 0.202. The van der Waals surface area contributed by atoms with E-state index in [4.69, 9.17) is 14.2 Å². The van der Waals surface area contributed by atoms with E-state index in [1.165, 1.54) is 35.1 Å². The zero-order chi connectivity index (χ0) is 23.6. The number of carbonyl (C=O) groups excluding carboxylic acids is 2. The van der Waals surface area contributed by atoms with Gasteiger partial charge in [0.15, 0.2) is 12.4 Å². The molecular formula is C22H22N4O7. The third kappa shape index (κ3) is 6.53. The van der Waals surface area contributed by atoms with Gasteiger partial charge in [-0.3, -0.25) is 14.9 Å². The molecule has 0 fully saturated rings. The van der Waals surface area contributed by atoms with Crippen molar-refractivity contribution >= 4 is 17.6 Å². The number of ether oxygens (including phenoxy) is 3. The fraction of sp³-hybridized carbons (Fsp3) is 0.227. The van der Waals surface area contributed by atoms with Gasteiger partial charge in [-0.1, -0.05) is 18.2 Å². The van der Waals surface area contributed by atoms with Crippen LogP contribution in [0.4, 0.5) is 5.69 Å². The average Bonchev–Trinajstić information content (AvgIpc) is 3.26. The van der Waals surface area contributed by atoms with Crippen LogP contribution in [-0.4, -0.2) is 52.9 Å². The summed E-state index contributed by atoms with van der Waals surface area (Å²) < 4.78 is 17.3. The van der Waals surface area contributed by atoms with Gasteiger partial charge in [-0.25, -0.2) is 9.48 Å². The van der Waals surface area contributed by atoms with Crippen LogP contribution in [0.3, 0.4) is 0 Å². The highest BCUT2D eigenvalue weighted by Crippen LogP contribution is 2.22. The number of nitrogens with one attached hydrogen (secondary N) is 1. The summed E-state index contributed by atoms with van der Waals surface area (Å²) in [6.07, 6.45) is 1.40. The van der Waals surface area contributed by atoms with Crippen LogP contribution in [-0.2, 0) is 9.53 Å². The molecule has 0 saturated carbocycles. The van der Waals surface area contributed by atoms with Crippen molar-refractivity contribution in [3.63, 3.8) is 0 Å². The Morgan fingerprint density at radius 3 is 2.48 bits per heavy atom. The number of nitro groups is 1. The molecule has 0 aliphatic heterocycles. The van der Waals surface area contributed by atoms with Crippen LogP contribution in [0.1, 0.15) is 17.4 Å². The number of benzene rings is 2. The number of rotatable bonds is 11. The first-order chi connectivity index (χ1) is 16.0. The molecule has 11 heteroatoms. The highest BCUT2D eigenvalue weighted by atomic mass is 16.6. The van der Waals surface area contributed by atoms with Crippen molar-refractivity contribution in [2.45, 2.75) is 6.92 Å². The maximum atomic E-state index is 12.3. The third-order valence-corrected chi connectivity index (χ3v) is 4.27. The molecule has 1 N–H and O–H groups in total. The van der Waals surface area contributed by atoms with Crippen molar-refractivity contribution in [1.29, 1.82) is 0 Å². The second-order valence-corrected chi connectivity index (χ2v) is 6.58. The summed E-state index contributed by atoms with van der Waals surface area (Å²) in [5.74, 6) is -0.391. The average molecular weight is 454 g/mol. The molecule has 3 rings (SSSR count). The fourth-order valence-corrected chi connectivity index (χ4v) is 2.73. The summed E-state index contributed by atoms with van der Waals surface area (Å²) in [5.41, 5.74) is 0.264. The Balaban J connectivity index is 1.61. The number of non-ortho nitro benzene ring substituents is 1. The van der Waals surface area contributed by atoms with Crippen molar-refractivity contribution < 1.29 is 28.7 Å². The fourth-order valence-electron chi connectivity index (χ4n) is 2.73. The van der Waals surface area contributed by atoms with E-state index in [1.54, 1.807) is 6.92 Å². The van der Waals surface area contributed by atoms with Crippen LogP contribution in [0.25, 0.3) is 5.69 Å².